The summed E-state index contributed by atoms with van der Waals surface area (Å²) in [7, 11) is 3.19. The third kappa shape index (κ3) is 1.89. The SMILES string of the molecule is COc1cc2c(cc1OC)[C@H]1[C@@H](C2=O)c2ccccc2OC1(C)C. The topological polar surface area (TPSA) is 44.8 Å². The van der Waals surface area contributed by atoms with Crippen molar-refractivity contribution < 1.29 is 19.0 Å². The van der Waals surface area contributed by atoms with Gasteiger partial charge in [-0.1, -0.05) is 18.2 Å². The molecule has 2 aliphatic rings. The molecule has 124 valence electrons. The van der Waals surface area contributed by atoms with Gasteiger partial charge in [-0.05, 0) is 37.6 Å². The van der Waals surface area contributed by atoms with Crippen LogP contribution in [0.15, 0.2) is 36.4 Å². The zero-order chi connectivity index (χ0) is 17.1. The van der Waals surface area contributed by atoms with Gasteiger partial charge in [-0.25, -0.2) is 0 Å². The molecule has 0 radical (unpaired) electrons. The molecule has 0 spiro atoms. The number of carbonyl (C=O) groups is 1. The molecule has 4 heteroatoms. The first-order valence-electron chi connectivity index (χ1n) is 8.06. The van der Waals surface area contributed by atoms with Gasteiger partial charge in [0.15, 0.2) is 17.3 Å². The number of carbonyl (C=O) groups excluding carboxylic acids is 1. The highest BCUT2D eigenvalue weighted by Gasteiger charge is 2.53. The highest BCUT2D eigenvalue weighted by molar-refractivity contribution is 6.07. The van der Waals surface area contributed by atoms with Crippen LogP contribution in [0, 0.1) is 0 Å². The van der Waals surface area contributed by atoms with Crippen LogP contribution in [0.3, 0.4) is 0 Å². The fourth-order valence-electron chi connectivity index (χ4n) is 4.14. The van der Waals surface area contributed by atoms with Crippen molar-refractivity contribution in [3.63, 3.8) is 0 Å². The lowest BCUT2D eigenvalue weighted by Crippen LogP contribution is -2.42. The molecule has 0 saturated carbocycles. The lowest BCUT2D eigenvalue weighted by Gasteiger charge is -2.41. The van der Waals surface area contributed by atoms with Crippen LogP contribution in [0.5, 0.6) is 17.2 Å². The maximum atomic E-state index is 13.2. The smallest absolute Gasteiger partial charge is 0.171 e. The van der Waals surface area contributed by atoms with Gasteiger partial charge < -0.3 is 14.2 Å². The van der Waals surface area contributed by atoms with Crippen molar-refractivity contribution in [1.82, 2.24) is 0 Å². The van der Waals surface area contributed by atoms with Gasteiger partial charge in [0.05, 0.1) is 20.1 Å². The molecule has 24 heavy (non-hydrogen) atoms. The van der Waals surface area contributed by atoms with Crippen molar-refractivity contribution in [1.29, 1.82) is 0 Å². The molecule has 1 aliphatic heterocycles. The number of rotatable bonds is 2. The quantitative estimate of drug-likeness (QED) is 0.839. The van der Waals surface area contributed by atoms with E-state index < -0.39 is 5.60 Å². The first-order valence-corrected chi connectivity index (χ1v) is 8.06. The van der Waals surface area contributed by atoms with Gasteiger partial charge in [0, 0.05) is 17.0 Å². The molecule has 2 aromatic rings. The minimum absolute atomic E-state index is 0.0466. The Morgan fingerprint density at radius 3 is 2.38 bits per heavy atom. The van der Waals surface area contributed by atoms with Crippen LogP contribution in [0.4, 0.5) is 0 Å². The van der Waals surface area contributed by atoms with Crippen LogP contribution < -0.4 is 14.2 Å². The minimum Gasteiger partial charge on any atom is -0.493 e. The summed E-state index contributed by atoms with van der Waals surface area (Å²) in [5.41, 5.74) is 2.15. The molecule has 0 unspecified atom stereocenters. The molecule has 2 atom stereocenters. The Hall–Kier alpha value is -2.49. The number of hydrogen-bond donors (Lipinski definition) is 0. The van der Waals surface area contributed by atoms with Crippen LogP contribution in [0.25, 0.3) is 0 Å². The Morgan fingerprint density at radius 2 is 1.67 bits per heavy atom. The largest absolute Gasteiger partial charge is 0.493 e. The third-order valence-electron chi connectivity index (χ3n) is 5.15. The molecule has 1 aliphatic carbocycles. The Bertz CT molecular complexity index is 838. The van der Waals surface area contributed by atoms with Gasteiger partial charge in [-0.3, -0.25) is 4.79 Å². The first kappa shape index (κ1) is 15.1. The van der Waals surface area contributed by atoms with Crippen molar-refractivity contribution in [2.24, 2.45) is 0 Å². The fraction of sp³-hybridized carbons (Fsp3) is 0.350. The Morgan fingerprint density at radius 1 is 1.00 bits per heavy atom. The summed E-state index contributed by atoms with van der Waals surface area (Å²) in [5, 5.41) is 0. The monoisotopic (exact) mass is 324 g/mol. The van der Waals surface area contributed by atoms with E-state index in [-0.39, 0.29) is 17.6 Å². The molecule has 0 fully saturated rings. The van der Waals surface area contributed by atoms with E-state index in [4.69, 9.17) is 14.2 Å². The predicted molar refractivity (Wildman–Crippen MR) is 90.5 cm³/mol. The van der Waals surface area contributed by atoms with Gasteiger partial charge in [-0.15, -0.1) is 0 Å². The molecular formula is C20H20O4. The molecule has 2 aromatic carbocycles. The van der Waals surface area contributed by atoms with Crippen LogP contribution in [0.2, 0.25) is 0 Å². The first-order chi connectivity index (χ1) is 11.5. The maximum absolute atomic E-state index is 13.2. The van der Waals surface area contributed by atoms with Gasteiger partial charge in [0.2, 0.25) is 0 Å². The Kier molecular flexibility index (Phi) is 3.14. The van der Waals surface area contributed by atoms with Crippen molar-refractivity contribution in [2.75, 3.05) is 14.2 Å². The number of Topliss-reactive ketones (excluding diaryl/α,β-unsaturated/α-hetero) is 1. The highest BCUT2D eigenvalue weighted by Crippen LogP contribution is 2.57. The van der Waals surface area contributed by atoms with E-state index in [1.165, 1.54) is 0 Å². The summed E-state index contributed by atoms with van der Waals surface area (Å²) in [6, 6.07) is 11.5. The second-order valence-electron chi connectivity index (χ2n) is 6.86. The van der Waals surface area contributed by atoms with Gasteiger partial charge in [-0.2, -0.15) is 0 Å². The number of para-hydroxylation sites is 1. The summed E-state index contributed by atoms with van der Waals surface area (Å²) >= 11 is 0. The van der Waals surface area contributed by atoms with Crippen LogP contribution in [-0.2, 0) is 0 Å². The molecule has 0 N–H and O–H groups in total. The van der Waals surface area contributed by atoms with E-state index in [0.29, 0.717) is 17.1 Å². The molecule has 0 saturated heterocycles. The molecule has 0 bridgehead atoms. The number of fused-ring (bicyclic) bond motifs is 5. The average molecular weight is 324 g/mol. The van der Waals surface area contributed by atoms with Crippen molar-refractivity contribution in [2.45, 2.75) is 31.3 Å². The number of methoxy groups -OCH3 is 2. The highest BCUT2D eigenvalue weighted by atomic mass is 16.5. The van der Waals surface area contributed by atoms with Gasteiger partial charge in [0.1, 0.15) is 11.4 Å². The van der Waals surface area contributed by atoms with Gasteiger partial charge >= 0.3 is 0 Å². The number of hydrogen-bond acceptors (Lipinski definition) is 4. The van der Waals surface area contributed by atoms with E-state index in [1.807, 2.05) is 44.2 Å². The minimum atomic E-state index is -0.487. The van der Waals surface area contributed by atoms with E-state index in [1.54, 1.807) is 20.3 Å². The molecule has 1 heterocycles. The summed E-state index contributed by atoms with van der Waals surface area (Å²) in [6.45, 7) is 4.08. The lowest BCUT2D eigenvalue weighted by atomic mass is 9.74. The van der Waals surface area contributed by atoms with E-state index >= 15 is 0 Å². The van der Waals surface area contributed by atoms with E-state index in [9.17, 15) is 4.79 Å². The van der Waals surface area contributed by atoms with Crippen molar-refractivity contribution in [3.05, 3.63) is 53.1 Å². The molecular weight excluding hydrogens is 304 g/mol. The van der Waals surface area contributed by atoms with Crippen LogP contribution in [-0.4, -0.2) is 25.6 Å². The van der Waals surface area contributed by atoms with E-state index in [2.05, 4.69) is 0 Å². The molecule has 0 aromatic heterocycles. The second-order valence-corrected chi connectivity index (χ2v) is 6.86. The predicted octanol–water partition coefficient (Wildman–Crippen LogP) is 3.94. The maximum Gasteiger partial charge on any atom is 0.171 e. The summed E-state index contributed by atoms with van der Waals surface area (Å²) in [6.07, 6.45) is 0. The zero-order valence-electron chi connectivity index (χ0n) is 14.3. The zero-order valence-corrected chi connectivity index (χ0v) is 14.3. The fourth-order valence-corrected chi connectivity index (χ4v) is 4.14. The summed E-state index contributed by atoms with van der Waals surface area (Å²) in [4.78, 5) is 13.2. The molecule has 4 rings (SSSR count). The Labute approximate surface area is 141 Å². The number of ether oxygens (including phenoxy) is 3. The van der Waals surface area contributed by atoms with Gasteiger partial charge in [0.25, 0.3) is 0 Å². The average Bonchev–Trinajstić information content (AvgIpc) is 2.87. The second kappa shape index (κ2) is 5.00. The van der Waals surface area contributed by atoms with Crippen molar-refractivity contribution in [3.8, 4) is 17.2 Å². The molecule has 4 nitrogen and oxygen atoms in total. The van der Waals surface area contributed by atoms with Crippen LogP contribution >= 0.6 is 0 Å². The number of ketones is 1. The summed E-state index contributed by atoms with van der Waals surface area (Å²) in [5.74, 6) is 1.87. The summed E-state index contributed by atoms with van der Waals surface area (Å²) < 4.78 is 17.1. The van der Waals surface area contributed by atoms with Crippen LogP contribution in [0.1, 0.15) is 47.2 Å². The van der Waals surface area contributed by atoms with E-state index in [0.717, 1.165) is 16.9 Å². The third-order valence-corrected chi connectivity index (χ3v) is 5.15. The normalized spacial score (nSPS) is 22.9. The number of benzene rings is 2. The lowest BCUT2D eigenvalue weighted by molar-refractivity contribution is 0.0481. The standard InChI is InChI=1S/C20H20O4/c1-20(2)18-12-9-15(22-3)16(23-4)10-13(12)19(21)17(18)11-7-5-6-8-14(11)24-20/h5-10,17-18H,1-4H3/t17-,18-/m0/s1. The molecule has 0 amide bonds. The van der Waals surface area contributed by atoms with Crippen molar-refractivity contribution >= 4 is 5.78 Å². The Balaban J connectivity index is 1.96.